The van der Waals surface area contributed by atoms with Gasteiger partial charge in [-0.15, -0.1) is 0 Å². The van der Waals surface area contributed by atoms with Crippen molar-refractivity contribution in [3.63, 3.8) is 0 Å². The van der Waals surface area contributed by atoms with Crippen LogP contribution in [0.4, 0.5) is 0 Å². The van der Waals surface area contributed by atoms with E-state index in [9.17, 15) is 0 Å². The van der Waals surface area contributed by atoms with Crippen molar-refractivity contribution in [2.75, 3.05) is 14.2 Å². The van der Waals surface area contributed by atoms with E-state index in [4.69, 9.17) is 19.6 Å². The van der Waals surface area contributed by atoms with E-state index in [-0.39, 0.29) is 11.3 Å². The molecule has 0 amide bonds. The molecule has 34 heavy (non-hydrogen) atoms. The van der Waals surface area contributed by atoms with Gasteiger partial charge in [-0.2, -0.15) is 5.10 Å². The summed E-state index contributed by atoms with van der Waals surface area (Å²) in [5, 5.41) is 4.81. The lowest BCUT2D eigenvalue weighted by molar-refractivity contribution is 0.302. The Labute approximate surface area is 199 Å². The normalized spacial score (nSPS) is 25.4. The highest BCUT2D eigenvalue weighted by Crippen LogP contribution is 2.60. The number of hydrogen-bond donors (Lipinski definition) is 0. The molecule has 0 saturated heterocycles. The van der Waals surface area contributed by atoms with Gasteiger partial charge in [-0.3, -0.25) is 0 Å². The molecule has 1 saturated carbocycles. The van der Waals surface area contributed by atoms with Crippen molar-refractivity contribution in [2.24, 2.45) is 11.3 Å². The summed E-state index contributed by atoms with van der Waals surface area (Å²) in [5.74, 6) is 4.30. The predicted octanol–water partition coefficient (Wildman–Crippen LogP) is 4.82. The van der Waals surface area contributed by atoms with Crippen LogP contribution in [0.3, 0.4) is 0 Å². The zero-order chi connectivity index (χ0) is 23.3. The van der Waals surface area contributed by atoms with Gasteiger partial charge in [0.15, 0.2) is 5.82 Å². The van der Waals surface area contributed by atoms with Crippen LogP contribution in [0.15, 0.2) is 60.8 Å². The molecular weight excluding hydrogens is 426 g/mol. The lowest BCUT2D eigenvalue weighted by Crippen LogP contribution is -2.17. The molecule has 7 nitrogen and oxygen atoms in total. The van der Waals surface area contributed by atoms with Crippen molar-refractivity contribution in [1.29, 1.82) is 0 Å². The number of benzene rings is 1. The molecule has 2 unspecified atom stereocenters. The fraction of sp³-hybridized carbons (Fsp3) is 0.370. The average Bonchev–Trinajstić information content (AvgIpc) is 3.15. The summed E-state index contributed by atoms with van der Waals surface area (Å²) < 4.78 is 15.2. The Morgan fingerprint density at radius 3 is 2.74 bits per heavy atom. The molecule has 3 aliphatic rings. The third-order valence-electron chi connectivity index (χ3n) is 7.28. The van der Waals surface area contributed by atoms with Crippen LogP contribution in [-0.4, -0.2) is 38.5 Å². The fourth-order valence-electron chi connectivity index (χ4n) is 5.28. The van der Waals surface area contributed by atoms with Gasteiger partial charge in [0.05, 0.1) is 31.9 Å². The number of aromatic nitrogens is 5. The molecule has 3 atom stereocenters. The second-order valence-electron chi connectivity index (χ2n) is 9.46. The van der Waals surface area contributed by atoms with Gasteiger partial charge >= 0.3 is 0 Å². The standard InChI is InChI=1S/C27H29N5O2/c1-18-16-31(17-28-18)23-13-20-14-27(20,15-24(23)34-3)11-10-25-29-26-22(5-4-12-32(26)30-25)19-6-8-21(33-2)9-7-19/h6-11,13,15-17,20,22H,4-5,12,14H2,1-3H3/b11-10+/t20?,22-,27?/m0/s1. The molecule has 2 aliphatic carbocycles. The largest absolute Gasteiger partial charge is 0.497 e. The third-order valence-corrected chi connectivity index (χ3v) is 7.28. The van der Waals surface area contributed by atoms with Crippen LogP contribution < -0.4 is 4.74 Å². The highest BCUT2D eigenvalue weighted by Gasteiger charge is 2.52. The summed E-state index contributed by atoms with van der Waals surface area (Å²) in [5.41, 5.74) is 3.29. The summed E-state index contributed by atoms with van der Waals surface area (Å²) in [6.45, 7) is 2.91. The number of methoxy groups -OCH3 is 2. The Kier molecular flexibility index (Phi) is 4.94. The van der Waals surface area contributed by atoms with Gasteiger partial charge in [0.1, 0.15) is 17.3 Å². The van der Waals surface area contributed by atoms with Crippen LogP contribution in [0.2, 0.25) is 0 Å². The summed E-state index contributed by atoms with van der Waals surface area (Å²) >= 11 is 0. The number of rotatable bonds is 6. The molecule has 6 rings (SSSR count). The third kappa shape index (κ3) is 3.56. The van der Waals surface area contributed by atoms with E-state index in [1.54, 1.807) is 14.2 Å². The summed E-state index contributed by atoms with van der Waals surface area (Å²) in [4.78, 5) is 9.30. The first kappa shape index (κ1) is 21.0. The van der Waals surface area contributed by atoms with Crippen molar-refractivity contribution in [2.45, 2.75) is 38.6 Å². The first-order chi connectivity index (χ1) is 16.6. The Hall–Kier alpha value is -3.61. The second-order valence-corrected chi connectivity index (χ2v) is 9.46. The van der Waals surface area contributed by atoms with Gasteiger partial charge in [0, 0.05) is 24.1 Å². The number of hydrogen-bond acceptors (Lipinski definition) is 5. The Morgan fingerprint density at radius 1 is 1.15 bits per heavy atom. The van der Waals surface area contributed by atoms with E-state index >= 15 is 0 Å². The first-order valence-corrected chi connectivity index (χ1v) is 11.9. The minimum atomic E-state index is -0.0222. The van der Waals surface area contributed by atoms with Crippen LogP contribution in [0, 0.1) is 18.3 Å². The summed E-state index contributed by atoms with van der Waals surface area (Å²) in [7, 11) is 3.43. The molecule has 1 aliphatic heterocycles. The average molecular weight is 456 g/mol. The molecule has 1 fully saturated rings. The second kappa shape index (κ2) is 8.01. The maximum atomic E-state index is 5.75. The summed E-state index contributed by atoms with van der Waals surface area (Å²) in [6, 6.07) is 8.32. The molecule has 2 aromatic heterocycles. The maximum absolute atomic E-state index is 5.75. The topological polar surface area (TPSA) is 67.0 Å². The van der Waals surface area contributed by atoms with E-state index in [1.807, 2.05) is 36.1 Å². The quantitative estimate of drug-likeness (QED) is 0.533. The molecular formula is C27H29N5O2. The van der Waals surface area contributed by atoms with Crippen LogP contribution >= 0.6 is 0 Å². The number of aryl methyl sites for hydroxylation is 2. The van der Waals surface area contributed by atoms with E-state index < -0.39 is 0 Å². The smallest absolute Gasteiger partial charge is 0.173 e. The highest BCUT2D eigenvalue weighted by atomic mass is 16.5. The van der Waals surface area contributed by atoms with Gasteiger partial charge in [-0.1, -0.05) is 24.3 Å². The van der Waals surface area contributed by atoms with Gasteiger partial charge in [-0.05, 0) is 62.0 Å². The van der Waals surface area contributed by atoms with E-state index in [0.29, 0.717) is 5.92 Å². The number of ether oxygens (including phenoxy) is 2. The zero-order valence-corrected chi connectivity index (χ0v) is 19.8. The fourth-order valence-corrected chi connectivity index (χ4v) is 5.28. The number of fused-ring (bicyclic) bond motifs is 2. The van der Waals surface area contributed by atoms with Crippen LogP contribution in [-0.2, 0) is 11.3 Å². The monoisotopic (exact) mass is 455 g/mol. The van der Waals surface area contributed by atoms with Gasteiger partial charge in [0.2, 0.25) is 0 Å². The van der Waals surface area contributed by atoms with Crippen molar-refractivity contribution in [1.82, 2.24) is 24.3 Å². The Bertz CT molecular complexity index is 1310. The molecule has 0 spiro atoms. The molecule has 0 N–H and O–H groups in total. The van der Waals surface area contributed by atoms with Crippen molar-refractivity contribution >= 4 is 11.8 Å². The highest BCUT2D eigenvalue weighted by molar-refractivity contribution is 5.68. The molecule has 3 aromatic rings. The van der Waals surface area contributed by atoms with Crippen molar-refractivity contribution in [3.8, 4) is 5.75 Å². The predicted molar refractivity (Wildman–Crippen MR) is 130 cm³/mol. The maximum Gasteiger partial charge on any atom is 0.173 e. The SMILES string of the molecule is COC1=CC2(/C=C/c3nc4n(n3)CCC[C@H]4c3ccc(OC)cc3)CC2C=C1n1cnc(C)c1. The molecule has 0 bridgehead atoms. The van der Waals surface area contributed by atoms with E-state index in [0.717, 1.165) is 60.4 Å². The van der Waals surface area contributed by atoms with Crippen LogP contribution in [0.1, 0.15) is 48.1 Å². The van der Waals surface area contributed by atoms with E-state index in [2.05, 4.69) is 46.1 Å². The molecule has 174 valence electrons. The van der Waals surface area contributed by atoms with Gasteiger partial charge in [-0.25, -0.2) is 14.6 Å². The van der Waals surface area contributed by atoms with Crippen molar-refractivity contribution < 1.29 is 9.47 Å². The molecule has 3 heterocycles. The van der Waals surface area contributed by atoms with Crippen LogP contribution in [0.5, 0.6) is 5.75 Å². The lowest BCUT2D eigenvalue weighted by atomic mass is 9.91. The molecule has 7 heteroatoms. The number of imidazole rings is 1. The van der Waals surface area contributed by atoms with E-state index in [1.165, 1.54) is 5.56 Å². The minimum absolute atomic E-state index is 0.0222. The lowest BCUT2D eigenvalue weighted by Gasteiger charge is -2.22. The minimum Gasteiger partial charge on any atom is -0.497 e. The Balaban J connectivity index is 1.24. The first-order valence-electron chi connectivity index (χ1n) is 11.9. The van der Waals surface area contributed by atoms with Crippen LogP contribution in [0.25, 0.3) is 11.8 Å². The van der Waals surface area contributed by atoms with Crippen molar-refractivity contribution in [3.05, 3.63) is 83.7 Å². The summed E-state index contributed by atoms with van der Waals surface area (Å²) in [6.07, 6.45) is 16.0. The molecule has 1 aromatic carbocycles. The molecule has 0 radical (unpaired) electrons. The van der Waals surface area contributed by atoms with Gasteiger partial charge in [0.25, 0.3) is 0 Å². The van der Waals surface area contributed by atoms with Gasteiger partial charge < -0.3 is 14.0 Å². The zero-order valence-electron chi connectivity index (χ0n) is 19.8. The number of allylic oxidation sites excluding steroid dienone is 4. The Morgan fingerprint density at radius 2 is 2.00 bits per heavy atom. The number of nitrogens with zero attached hydrogens (tertiary/aromatic N) is 5.